The first kappa shape index (κ1) is 16.2. The molecule has 1 unspecified atom stereocenters. The van der Waals surface area contributed by atoms with Gasteiger partial charge >= 0.3 is 0 Å². The summed E-state index contributed by atoms with van der Waals surface area (Å²) in [6, 6.07) is 3.26. The van der Waals surface area contributed by atoms with Gasteiger partial charge in [0.25, 0.3) is 5.71 Å². The van der Waals surface area contributed by atoms with Gasteiger partial charge in [0.15, 0.2) is 0 Å². The van der Waals surface area contributed by atoms with E-state index < -0.39 is 10.0 Å². The van der Waals surface area contributed by atoms with E-state index in [0.29, 0.717) is 23.3 Å². The summed E-state index contributed by atoms with van der Waals surface area (Å²) in [4.78, 5) is 4.28. The Kier molecular flexibility index (Phi) is 3.84. The maximum absolute atomic E-state index is 13.3. The zero-order chi connectivity index (χ0) is 17.6. The van der Waals surface area contributed by atoms with Gasteiger partial charge in [0.05, 0.1) is 29.0 Å². The van der Waals surface area contributed by atoms with Crippen LogP contribution in [-0.2, 0) is 17.1 Å². The van der Waals surface area contributed by atoms with Crippen LogP contribution in [0, 0.1) is 6.92 Å². The second-order valence-corrected chi connectivity index (χ2v) is 8.19. The zero-order valence-corrected chi connectivity index (χ0v) is 14.9. The predicted octanol–water partition coefficient (Wildman–Crippen LogP) is 2.18. The molecule has 1 aliphatic heterocycles. The molecule has 3 aromatic rings. The molecular formula is C16H19N5O3S. The molecule has 132 valence electrons. The number of aromatic nitrogens is 4. The maximum Gasteiger partial charge on any atom is 0.257 e. The van der Waals surface area contributed by atoms with Crippen LogP contribution in [0.3, 0.4) is 0 Å². The van der Waals surface area contributed by atoms with E-state index in [0.717, 1.165) is 25.0 Å². The van der Waals surface area contributed by atoms with Crippen LogP contribution in [-0.4, -0.2) is 39.2 Å². The Morgan fingerprint density at radius 2 is 2.16 bits per heavy atom. The van der Waals surface area contributed by atoms with Gasteiger partial charge in [-0.15, -0.1) is 0 Å². The second-order valence-electron chi connectivity index (χ2n) is 6.30. The third-order valence-corrected chi connectivity index (χ3v) is 6.62. The summed E-state index contributed by atoms with van der Waals surface area (Å²) >= 11 is 0. The van der Waals surface area contributed by atoms with Crippen molar-refractivity contribution in [1.29, 1.82) is 0 Å². The number of pyridine rings is 1. The highest BCUT2D eigenvalue weighted by molar-refractivity contribution is 7.89. The van der Waals surface area contributed by atoms with E-state index >= 15 is 0 Å². The van der Waals surface area contributed by atoms with Gasteiger partial charge in [-0.2, -0.15) is 9.40 Å². The molecule has 0 aliphatic carbocycles. The van der Waals surface area contributed by atoms with Gasteiger partial charge in [0, 0.05) is 19.8 Å². The van der Waals surface area contributed by atoms with Gasteiger partial charge in [-0.25, -0.2) is 13.4 Å². The molecule has 3 aromatic heterocycles. The van der Waals surface area contributed by atoms with Crippen molar-refractivity contribution in [1.82, 2.24) is 24.2 Å². The van der Waals surface area contributed by atoms with Gasteiger partial charge in [0.1, 0.15) is 4.90 Å². The Morgan fingerprint density at radius 3 is 2.92 bits per heavy atom. The summed E-state index contributed by atoms with van der Waals surface area (Å²) < 4.78 is 35.0. The highest BCUT2D eigenvalue weighted by atomic mass is 32.2. The van der Waals surface area contributed by atoms with E-state index in [-0.39, 0.29) is 10.9 Å². The van der Waals surface area contributed by atoms with Crippen LogP contribution in [0.25, 0.3) is 11.1 Å². The Hall–Kier alpha value is -2.26. The van der Waals surface area contributed by atoms with Crippen LogP contribution < -0.4 is 0 Å². The van der Waals surface area contributed by atoms with Crippen molar-refractivity contribution in [3.63, 3.8) is 0 Å². The largest absolute Gasteiger partial charge is 0.336 e. The fourth-order valence-corrected chi connectivity index (χ4v) is 5.04. The second kappa shape index (κ2) is 5.92. The van der Waals surface area contributed by atoms with Gasteiger partial charge in [-0.1, -0.05) is 11.6 Å². The fourth-order valence-electron chi connectivity index (χ4n) is 3.40. The highest BCUT2D eigenvalue weighted by Crippen LogP contribution is 2.35. The first-order chi connectivity index (χ1) is 12.0. The lowest BCUT2D eigenvalue weighted by molar-refractivity contribution is 0.246. The van der Waals surface area contributed by atoms with E-state index in [1.165, 1.54) is 6.20 Å². The SMILES string of the molecule is Cc1noc2ncc(S(=O)(=O)N3CCCCC3c3ccnn3C)cc12. The summed E-state index contributed by atoms with van der Waals surface area (Å²) in [6.07, 6.45) is 5.65. The first-order valence-corrected chi connectivity index (χ1v) is 9.64. The number of piperidine rings is 1. The molecule has 1 atom stereocenters. The Bertz CT molecular complexity index is 1020. The van der Waals surface area contributed by atoms with Crippen molar-refractivity contribution in [2.24, 2.45) is 7.05 Å². The molecule has 0 bridgehead atoms. The molecule has 0 radical (unpaired) electrons. The normalized spacial score (nSPS) is 19.5. The lowest BCUT2D eigenvalue weighted by Gasteiger charge is -2.34. The summed E-state index contributed by atoms with van der Waals surface area (Å²) in [5.41, 5.74) is 1.87. The molecule has 8 nitrogen and oxygen atoms in total. The highest BCUT2D eigenvalue weighted by Gasteiger charge is 2.36. The Morgan fingerprint density at radius 1 is 1.32 bits per heavy atom. The number of nitrogens with zero attached hydrogens (tertiary/aromatic N) is 5. The van der Waals surface area contributed by atoms with Gasteiger partial charge in [-0.05, 0) is 31.9 Å². The molecule has 9 heteroatoms. The minimum atomic E-state index is -3.68. The monoisotopic (exact) mass is 361 g/mol. The topological polar surface area (TPSA) is 94.1 Å². The van der Waals surface area contributed by atoms with Gasteiger partial charge in [0.2, 0.25) is 10.0 Å². The van der Waals surface area contributed by atoms with Crippen molar-refractivity contribution >= 4 is 21.1 Å². The van der Waals surface area contributed by atoms with Crippen molar-refractivity contribution in [2.45, 2.75) is 37.1 Å². The molecule has 1 saturated heterocycles. The van der Waals surface area contributed by atoms with Crippen LogP contribution in [0.2, 0.25) is 0 Å². The molecule has 0 spiro atoms. The first-order valence-electron chi connectivity index (χ1n) is 8.20. The number of rotatable bonds is 3. The smallest absolute Gasteiger partial charge is 0.257 e. The minimum absolute atomic E-state index is 0.167. The van der Waals surface area contributed by atoms with Gasteiger partial charge < -0.3 is 4.52 Å². The molecule has 4 heterocycles. The van der Waals surface area contributed by atoms with E-state index in [2.05, 4.69) is 15.2 Å². The molecule has 1 fully saturated rings. The molecule has 4 rings (SSSR count). The number of sulfonamides is 1. The third-order valence-electron chi connectivity index (χ3n) is 4.75. The van der Waals surface area contributed by atoms with Crippen LogP contribution in [0.5, 0.6) is 0 Å². The molecule has 0 aromatic carbocycles. The maximum atomic E-state index is 13.3. The van der Waals surface area contributed by atoms with E-state index in [1.807, 2.05) is 13.1 Å². The van der Waals surface area contributed by atoms with Crippen LogP contribution >= 0.6 is 0 Å². The van der Waals surface area contributed by atoms with Gasteiger partial charge in [-0.3, -0.25) is 4.68 Å². The average Bonchev–Trinajstić information content (AvgIpc) is 3.20. The lowest BCUT2D eigenvalue weighted by Crippen LogP contribution is -2.39. The van der Waals surface area contributed by atoms with Crippen molar-refractivity contribution in [3.8, 4) is 0 Å². The van der Waals surface area contributed by atoms with Crippen LogP contribution in [0.1, 0.15) is 36.7 Å². The van der Waals surface area contributed by atoms with Crippen molar-refractivity contribution in [3.05, 3.63) is 35.9 Å². The molecule has 0 saturated carbocycles. The third kappa shape index (κ3) is 2.63. The average molecular weight is 361 g/mol. The number of aryl methyl sites for hydroxylation is 2. The molecule has 25 heavy (non-hydrogen) atoms. The quantitative estimate of drug-likeness (QED) is 0.710. The summed E-state index contributed by atoms with van der Waals surface area (Å²) in [5, 5.41) is 8.65. The van der Waals surface area contributed by atoms with Crippen LogP contribution in [0.4, 0.5) is 0 Å². The number of hydrogen-bond donors (Lipinski definition) is 0. The number of fused-ring (bicyclic) bond motifs is 1. The summed E-state index contributed by atoms with van der Waals surface area (Å²) in [6.45, 7) is 2.25. The Balaban J connectivity index is 1.78. The number of hydrogen-bond acceptors (Lipinski definition) is 6. The predicted molar refractivity (Wildman–Crippen MR) is 90.2 cm³/mol. The molecule has 0 amide bonds. The Labute approximate surface area is 145 Å². The summed E-state index contributed by atoms with van der Waals surface area (Å²) in [5.74, 6) is 0. The van der Waals surface area contributed by atoms with E-state index in [1.54, 1.807) is 28.2 Å². The molecule has 0 N–H and O–H groups in total. The summed E-state index contributed by atoms with van der Waals surface area (Å²) in [7, 11) is -1.84. The van der Waals surface area contributed by atoms with Crippen molar-refractivity contribution < 1.29 is 12.9 Å². The lowest BCUT2D eigenvalue weighted by atomic mass is 10.0. The molecule has 1 aliphatic rings. The van der Waals surface area contributed by atoms with E-state index in [4.69, 9.17) is 4.52 Å². The van der Waals surface area contributed by atoms with E-state index in [9.17, 15) is 8.42 Å². The zero-order valence-electron chi connectivity index (χ0n) is 14.1. The van der Waals surface area contributed by atoms with Crippen molar-refractivity contribution in [2.75, 3.05) is 6.54 Å². The minimum Gasteiger partial charge on any atom is -0.336 e. The fraction of sp³-hybridized carbons (Fsp3) is 0.438. The standard InChI is InChI=1S/C16H19N5O3S/c1-11-13-9-12(10-17-16(13)24-19-11)25(22,23)21-8-4-3-5-15(21)14-6-7-18-20(14)2/h6-7,9-10,15H,3-5,8H2,1-2H3. The van der Waals surface area contributed by atoms with Crippen LogP contribution in [0.15, 0.2) is 33.9 Å². The molecular weight excluding hydrogens is 342 g/mol.